The third-order valence-electron chi connectivity index (χ3n) is 4.27. The van der Waals surface area contributed by atoms with Gasteiger partial charge in [-0.3, -0.25) is 0 Å². The van der Waals surface area contributed by atoms with Gasteiger partial charge in [0.15, 0.2) is 0 Å². The topological polar surface area (TPSA) is 18.5 Å². The van der Waals surface area contributed by atoms with Gasteiger partial charge in [-0.2, -0.15) is 0 Å². The van der Waals surface area contributed by atoms with Gasteiger partial charge in [0, 0.05) is 6.07 Å². The molecule has 1 aliphatic heterocycles. The predicted molar refractivity (Wildman–Crippen MR) is 71.5 cm³/mol. The largest absolute Gasteiger partial charge is 0.495 e. The van der Waals surface area contributed by atoms with E-state index >= 15 is 0 Å². The van der Waals surface area contributed by atoms with Crippen LogP contribution in [0.1, 0.15) is 38.8 Å². The highest BCUT2D eigenvalue weighted by Gasteiger charge is 2.52. The molecule has 0 spiro atoms. The third kappa shape index (κ3) is 2.19. The Kier molecular flexibility index (Phi) is 3.26. The van der Waals surface area contributed by atoms with Crippen LogP contribution in [-0.2, 0) is 9.31 Å². The van der Waals surface area contributed by atoms with Crippen LogP contribution in [0.15, 0.2) is 6.07 Å². The van der Waals surface area contributed by atoms with Gasteiger partial charge >= 0.3 is 7.12 Å². The van der Waals surface area contributed by atoms with Crippen molar-refractivity contribution in [3.05, 3.63) is 28.8 Å². The Hall–Kier alpha value is -0.935. The highest BCUT2D eigenvalue weighted by molar-refractivity contribution is 6.63. The van der Waals surface area contributed by atoms with Crippen molar-refractivity contribution in [1.82, 2.24) is 0 Å². The summed E-state index contributed by atoms with van der Waals surface area (Å²) in [5.41, 5.74) is 0.143. The van der Waals surface area contributed by atoms with E-state index in [9.17, 15) is 8.78 Å². The molecular weight excluding hydrogens is 249 g/mol. The van der Waals surface area contributed by atoms with Gasteiger partial charge in [0.2, 0.25) is 0 Å². The van der Waals surface area contributed by atoms with Crippen molar-refractivity contribution in [3.63, 3.8) is 0 Å². The zero-order valence-corrected chi connectivity index (χ0v) is 12.2. The van der Waals surface area contributed by atoms with Gasteiger partial charge < -0.3 is 9.31 Å². The maximum Gasteiger partial charge on any atom is 0.495 e. The molecule has 0 amide bonds. The smallest absolute Gasteiger partial charge is 0.399 e. The normalized spacial score (nSPS) is 20.9. The van der Waals surface area contributed by atoms with Crippen molar-refractivity contribution in [2.75, 3.05) is 0 Å². The summed E-state index contributed by atoms with van der Waals surface area (Å²) < 4.78 is 39.1. The lowest BCUT2D eigenvalue weighted by Crippen LogP contribution is -2.41. The molecule has 1 aromatic rings. The first-order valence-corrected chi connectivity index (χ1v) is 6.37. The van der Waals surface area contributed by atoms with Crippen molar-refractivity contribution < 1.29 is 18.1 Å². The summed E-state index contributed by atoms with van der Waals surface area (Å²) in [6, 6.07) is 0.902. The Balaban J connectivity index is 2.51. The second-order valence-electron chi connectivity index (χ2n) is 6.09. The first-order valence-electron chi connectivity index (χ1n) is 6.37. The molecule has 1 aliphatic rings. The van der Waals surface area contributed by atoms with Crippen molar-refractivity contribution in [1.29, 1.82) is 0 Å². The molecule has 0 atom stereocenters. The van der Waals surface area contributed by atoms with Gasteiger partial charge in [0.25, 0.3) is 0 Å². The minimum atomic E-state index is -0.741. The molecule has 0 unspecified atom stereocenters. The average Bonchev–Trinajstić information content (AvgIpc) is 2.45. The summed E-state index contributed by atoms with van der Waals surface area (Å²) in [6.45, 7) is 10.9. The van der Waals surface area contributed by atoms with Gasteiger partial charge in [-0.15, -0.1) is 0 Å². The molecule has 0 aromatic heterocycles. The SMILES string of the molecule is Cc1c(F)cc(F)c(C)c1B1OC(C)(C)C(C)(C)O1. The van der Waals surface area contributed by atoms with Gasteiger partial charge in [-0.05, 0) is 58.1 Å². The van der Waals surface area contributed by atoms with Crippen LogP contribution in [0, 0.1) is 25.5 Å². The molecule has 0 saturated carbocycles. The van der Waals surface area contributed by atoms with Crippen LogP contribution in [0.3, 0.4) is 0 Å². The van der Waals surface area contributed by atoms with Crippen LogP contribution < -0.4 is 5.46 Å². The predicted octanol–water partition coefficient (Wildman–Crippen LogP) is 2.88. The van der Waals surface area contributed by atoms with Gasteiger partial charge in [0.05, 0.1) is 11.2 Å². The van der Waals surface area contributed by atoms with Gasteiger partial charge in [0.1, 0.15) is 11.6 Å². The summed E-state index contributed by atoms with van der Waals surface area (Å²) >= 11 is 0. The van der Waals surface area contributed by atoms with E-state index in [0.29, 0.717) is 16.6 Å². The Labute approximate surface area is 113 Å². The molecule has 0 radical (unpaired) electrons. The van der Waals surface area contributed by atoms with Crippen LogP contribution in [0.5, 0.6) is 0 Å². The van der Waals surface area contributed by atoms with E-state index in [2.05, 4.69) is 0 Å². The van der Waals surface area contributed by atoms with E-state index in [1.807, 2.05) is 27.7 Å². The minimum absolute atomic E-state index is 0.373. The van der Waals surface area contributed by atoms with E-state index in [1.54, 1.807) is 13.8 Å². The molecule has 0 N–H and O–H groups in total. The zero-order valence-electron chi connectivity index (χ0n) is 12.2. The quantitative estimate of drug-likeness (QED) is 0.729. The highest BCUT2D eigenvalue weighted by atomic mass is 19.1. The average molecular weight is 268 g/mol. The lowest BCUT2D eigenvalue weighted by Gasteiger charge is -2.32. The molecular formula is C14H19BF2O2. The molecule has 1 heterocycles. The summed E-state index contributed by atoms with van der Waals surface area (Å²) in [6.07, 6.45) is 0. The van der Waals surface area contributed by atoms with Crippen molar-refractivity contribution in [3.8, 4) is 0 Å². The molecule has 0 aliphatic carbocycles. The molecule has 1 fully saturated rings. The summed E-state index contributed by atoms with van der Waals surface area (Å²) in [5, 5.41) is 0. The standard InChI is InChI=1S/C14H19BF2O2/c1-8-10(16)7-11(17)9(2)12(8)15-18-13(3,4)14(5,6)19-15/h7H,1-6H3. The Bertz CT molecular complexity index is 484. The fraction of sp³-hybridized carbons (Fsp3) is 0.571. The van der Waals surface area contributed by atoms with Crippen molar-refractivity contribution >= 4 is 12.6 Å². The van der Waals surface area contributed by atoms with Crippen molar-refractivity contribution in [2.24, 2.45) is 0 Å². The second kappa shape index (κ2) is 4.28. The molecule has 19 heavy (non-hydrogen) atoms. The highest BCUT2D eigenvalue weighted by Crippen LogP contribution is 2.37. The third-order valence-corrected chi connectivity index (χ3v) is 4.27. The van der Waals surface area contributed by atoms with E-state index in [0.717, 1.165) is 6.07 Å². The molecule has 1 aromatic carbocycles. The fourth-order valence-electron chi connectivity index (χ4n) is 2.18. The number of rotatable bonds is 1. The van der Waals surface area contributed by atoms with E-state index in [-0.39, 0.29) is 0 Å². The number of halogens is 2. The fourth-order valence-corrected chi connectivity index (χ4v) is 2.18. The van der Waals surface area contributed by atoms with Crippen molar-refractivity contribution in [2.45, 2.75) is 52.7 Å². The molecule has 2 rings (SSSR count). The zero-order chi connectivity index (χ0) is 14.6. The monoisotopic (exact) mass is 268 g/mol. The Morgan fingerprint density at radius 2 is 1.26 bits per heavy atom. The first kappa shape index (κ1) is 14.5. The Morgan fingerprint density at radius 1 is 0.895 bits per heavy atom. The lowest BCUT2D eigenvalue weighted by molar-refractivity contribution is 0.00578. The summed E-state index contributed by atoms with van der Waals surface area (Å²) in [5.74, 6) is -1.15. The Morgan fingerprint density at radius 3 is 1.63 bits per heavy atom. The first-order chi connectivity index (χ1) is 8.57. The van der Waals surface area contributed by atoms with Crippen LogP contribution in [0.25, 0.3) is 0 Å². The summed E-state index contributed by atoms with van der Waals surface area (Å²) in [7, 11) is -0.741. The van der Waals surface area contributed by atoms with Gasteiger partial charge in [-0.1, -0.05) is 0 Å². The number of benzene rings is 1. The lowest BCUT2D eigenvalue weighted by atomic mass is 9.73. The van der Waals surface area contributed by atoms with E-state index in [4.69, 9.17) is 9.31 Å². The minimum Gasteiger partial charge on any atom is -0.399 e. The van der Waals surface area contributed by atoms with Crippen LogP contribution >= 0.6 is 0 Å². The van der Waals surface area contributed by atoms with E-state index < -0.39 is 30.0 Å². The number of hydrogen-bond acceptors (Lipinski definition) is 2. The van der Waals surface area contributed by atoms with Gasteiger partial charge in [-0.25, -0.2) is 8.78 Å². The van der Waals surface area contributed by atoms with Crippen LogP contribution in [0.4, 0.5) is 8.78 Å². The molecule has 104 valence electrons. The second-order valence-corrected chi connectivity index (χ2v) is 6.09. The number of hydrogen-bond donors (Lipinski definition) is 0. The molecule has 5 heteroatoms. The maximum absolute atomic E-state index is 13.7. The molecule has 1 saturated heterocycles. The molecule has 2 nitrogen and oxygen atoms in total. The molecule has 0 bridgehead atoms. The van der Waals surface area contributed by atoms with Crippen LogP contribution in [0.2, 0.25) is 0 Å². The summed E-state index contributed by atoms with van der Waals surface area (Å²) in [4.78, 5) is 0. The maximum atomic E-state index is 13.7. The van der Waals surface area contributed by atoms with E-state index in [1.165, 1.54) is 0 Å². The van der Waals surface area contributed by atoms with Crippen LogP contribution in [-0.4, -0.2) is 18.3 Å².